The van der Waals surface area contributed by atoms with E-state index >= 15 is 0 Å². The Kier molecular flexibility index (Phi) is 5.65. The molecule has 0 aromatic heterocycles. The molecule has 3 atom stereocenters. The fourth-order valence-electron chi connectivity index (χ4n) is 5.01. The van der Waals surface area contributed by atoms with E-state index in [0.717, 1.165) is 31.2 Å². The Morgan fingerprint density at radius 3 is 2.48 bits per heavy atom. The van der Waals surface area contributed by atoms with E-state index in [-0.39, 0.29) is 35.6 Å². The largest absolute Gasteiger partial charge is 0.337 e. The van der Waals surface area contributed by atoms with E-state index < -0.39 is 0 Å². The molecule has 2 amide bonds. The van der Waals surface area contributed by atoms with Crippen molar-refractivity contribution >= 4 is 11.8 Å². The summed E-state index contributed by atoms with van der Waals surface area (Å²) >= 11 is 0. The molecule has 152 valence electrons. The second kappa shape index (κ2) is 8.36. The van der Waals surface area contributed by atoms with Gasteiger partial charge in [-0.2, -0.15) is 0 Å². The van der Waals surface area contributed by atoms with Crippen LogP contribution >= 0.6 is 0 Å². The quantitative estimate of drug-likeness (QED) is 0.765. The van der Waals surface area contributed by atoms with Crippen molar-refractivity contribution in [3.63, 3.8) is 0 Å². The Labute approximate surface area is 171 Å². The molecule has 5 heteroatoms. The first-order chi connectivity index (χ1) is 14.1. The summed E-state index contributed by atoms with van der Waals surface area (Å²) in [6.45, 7) is 2.79. The number of hydrogen-bond acceptors (Lipinski definition) is 2. The normalized spacial score (nSPS) is 24.6. The minimum atomic E-state index is -0.285. The third kappa shape index (κ3) is 3.91. The van der Waals surface area contributed by atoms with E-state index in [2.05, 4.69) is 0 Å². The molecule has 2 aromatic rings. The van der Waals surface area contributed by atoms with Crippen LogP contribution in [0, 0.1) is 5.82 Å². The Balaban J connectivity index is 1.76. The number of fused-ring (bicyclic) bond motifs is 1. The smallest absolute Gasteiger partial charge is 0.254 e. The predicted molar refractivity (Wildman–Crippen MR) is 110 cm³/mol. The molecule has 2 aromatic carbocycles. The van der Waals surface area contributed by atoms with E-state index in [4.69, 9.17) is 0 Å². The van der Waals surface area contributed by atoms with Crippen LogP contribution in [0.4, 0.5) is 4.39 Å². The zero-order chi connectivity index (χ0) is 20.4. The standard InChI is InChI=1S/C24H27FN2O2/c1-17(28)26-14-7-3-6-13-22-23(26)21(19-11-8-12-20(25)15-19)16-27(22)24(29)18-9-4-2-5-10-18/h2,4-5,8-12,15,21-23H,3,6-7,13-14,16H2,1H3/t21-,22+,23-/m0/s1. The molecular weight excluding hydrogens is 367 g/mol. The Hall–Kier alpha value is -2.69. The lowest BCUT2D eigenvalue weighted by molar-refractivity contribution is -0.132. The maximum absolute atomic E-state index is 14.0. The van der Waals surface area contributed by atoms with Gasteiger partial charge in [0.1, 0.15) is 5.82 Å². The molecule has 4 rings (SSSR count). The number of amides is 2. The van der Waals surface area contributed by atoms with Gasteiger partial charge in [0, 0.05) is 31.5 Å². The molecule has 0 aliphatic carbocycles. The summed E-state index contributed by atoms with van der Waals surface area (Å²) < 4.78 is 14.0. The summed E-state index contributed by atoms with van der Waals surface area (Å²) in [4.78, 5) is 29.8. The number of rotatable bonds is 2. The summed E-state index contributed by atoms with van der Waals surface area (Å²) in [7, 11) is 0. The minimum Gasteiger partial charge on any atom is -0.337 e. The molecule has 0 N–H and O–H groups in total. The van der Waals surface area contributed by atoms with Gasteiger partial charge < -0.3 is 9.80 Å². The van der Waals surface area contributed by atoms with Crippen LogP contribution in [0.15, 0.2) is 54.6 Å². The van der Waals surface area contributed by atoms with E-state index in [1.807, 2.05) is 46.2 Å². The SMILES string of the molecule is CC(=O)N1CCCCC[C@@H]2[C@@H]1[C@H](c1cccc(F)c1)CN2C(=O)c1ccccc1. The van der Waals surface area contributed by atoms with Crippen LogP contribution in [-0.2, 0) is 4.79 Å². The molecule has 2 fully saturated rings. The van der Waals surface area contributed by atoms with Crippen molar-refractivity contribution in [1.82, 2.24) is 9.80 Å². The highest BCUT2D eigenvalue weighted by Crippen LogP contribution is 2.40. The van der Waals surface area contributed by atoms with Crippen molar-refractivity contribution in [2.75, 3.05) is 13.1 Å². The van der Waals surface area contributed by atoms with Crippen LogP contribution in [-0.4, -0.2) is 46.8 Å². The zero-order valence-electron chi connectivity index (χ0n) is 16.8. The number of carbonyl (C=O) groups excluding carboxylic acids is 2. The first-order valence-electron chi connectivity index (χ1n) is 10.4. The van der Waals surface area contributed by atoms with Crippen LogP contribution in [0.25, 0.3) is 0 Å². The molecule has 29 heavy (non-hydrogen) atoms. The number of carbonyl (C=O) groups is 2. The van der Waals surface area contributed by atoms with Gasteiger partial charge in [0.15, 0.2) is 0 Å². The number of benzene rings is 2. The van der Waals surface area contributed by atoms with Gasteiger partial charge in [0.05, 0.1) is 12.1 Å². The molecule has 2 heterocycles. The van der Waals surface area contributed by atoms with Crippen molar-refractivity contribution < 1.29 is 14.0 Å². The van der Waals surface area contributed by atoms with Gasteiger partial charge >= 0.3 is 0 Å². The lowest BCUT2D eigenvalue weighted by Crippen LogP contribution is -2.51. The Morgan fingerprint density at radius 1 is 0.966 bits per heavy atom. The highest BCUT2D eigenvalue weighted by atomic mass is 19.1. The van der Waals surface area contributed by atoms with Crippen LogP contribution < -0.4 is 0 Å². The second-order valence-corrected chi connectivity index (χ2v) is 8.10. The first-order valence-corrected chi connectivity index (χ1v) is 10.4. The Morgan fingerprint density at radius 2 is 1.76 bits per heavy atom. The second-order valence-electron chi connectivity index (χ2n) is 8.10. The molecule has 2 aliphatic heterocycles. The summed E-state index contributed by atoms with van der Waals surface area (Å²) in [6.07, 6.45) is 3.90. The van der Waals surface area contributed by atoms with Crippen molar-refractivity contribution in [2.24, 2.45) is 0 Å². The average Bonchev–Trinajstić information content (AvgIpc) is 3.06. The van der Waals surface area contributed by atoms with E-state index in [1.165, 1.54) is 6.07 Å². The van der Waals surface area contributed by atoms with Gasteiger partial charge in [-0.3, -0.25) is 9.59 Å². The van der Waals surface area contributed by atoms with Gasteiger partial charge in [-0.15, -0.1) is 0 Å². The zero-order valence-corrected chi connectivity index (χ0v) is 16.8. The molecule has 0 saturated carbocycles. The summed E-state index contributed by atoms with van der Waals surface area (Å²) in [6, 6.07) is 15.7. The van der Waals surface area contributed by atoms with Crippen molar-refractivity contribution in [3.05, 3.63) is 71.5 Å². The molecule has 2 aliphatic rings. The lowest BCUT2D eigenvalue weighted by atomic mass is 9.86. The van der Waals surface area contributed by atoms with Crippen molar-refractivity contribution in [2.45, 2.75) is 50.6 Å². The molecule has 0 bridgehead atoms. The Bertz CT molecular complexity index is 885. The summed E-state index contributed by atoms with van der Waals surface area (Å²) in [5, 5.41) is 0. The third-order valence-electron chi connectivity index (χ3n) is 6.32. The van der Waals surface area contributed by atoms with Crippen LogP contribution in [0.5, 0.6) is 0 Å². The topological polar surface area (TPSA) is 40.6 Å². The molecule has 0 spiro atoms. The van der Waals surface area contributed by atoms with Crippen LogP contribution in [0.2, 0.25) is 0 Å². The monoisotopic (exact) mass is 394 g/mol. The van der Waals surface area contributed by atoms with E-state index in [0.29, 0.717) is 18.7 Å². The van der Waals surface area contributed by atoms with Gasteiger partial charge in [0.25, 0.3) is 5.91 Å². The van der Waals surface area contributed by atoms with Crippen molar-refractivity contribution in [3.8, 4) is 0 Å². The number of hydrogen-bond donors (Lipinski definition) is 0. The average molecular weight is 394 g/mol. The van der Waals surface area contributed by atoms with Gasteiger partial charge in [0.2, 0.25) is 5.91 Å². The number of halogens is 1. The van der Waals surface area contributed by atoms with E-state index in [1.54, 1.807) is 19.1 Å². The lowest BCUT2D eigenvalue weighted by Gasteiger charge is -2.38. The fourth-order valence-corrected chi connectivity index (χ4v) is 5.01. The summed E-state index contributed by atoms with van der Waals surface area (Å²) in [5.74, 6) is -0.363. The molecular formula is C24H27FN2O2. The predicted octanol–water partition coefficient (Wildman–Crippen LogP) is 4.23. The number of nitrogens with zero attached hydrogens (tertiary/aromatic N) is 2. The van der Waals surface area contributed by atoms with Gasteiger partial charge in [-0.05, 0) is 42.7 Å². The first kappa shape index (κ1) is 19.6. The summed E-state index contributed by atoms with van der Waals surface area (Å²) in [5.41, 5.74) is 1.51. The third-order valence-corrected chi connectivity index (χ3v) is 6.32. The highest BCUT2D eigenvalue weighted by molar-refractivity contribution is 5.95. The number of likely N-dealkylation sites (tertiary alicyclic amines) is 2. The van der Waals surface area contributed by atoms with Gasteiger partial charge in [-0.25, -0.2) is 4.39 Å². The molecule has 0 radical (unpaired) electrons. The molecule has 0 unspecified atom stereocenters. The molecule has 2 saturated heterocycles. The maximum atomic E-state index is 14.0. The fraction of sp³-hybridized carbons (Fsp3) is 0.417. The van der Waals surface area contributed by atoms with Crippen molar-refractivity contribution in [1.29, 1.82) is 0 Å². The van der Waals surface area contributed by atoms with Gasteiger partial charge in [-0.1, -0.05) is 43.2 Å². The highest BCUT2D eigenvalue weighted by Gasteiger charge is 2.48. The van der Waals surface area contributed by atoms with Crippen LogP contribution in [0.3, 0.4) is 0 Å². The molecule has 4 nitrogen and oxygen atoms in total. The van der Waals surface area contributed by atoms with E-state index in [9.17, 15) is 14.0 Å². The van der Waals surface area contributed by atoms with Crippen LogP contribution in [0.1, 0.15) is 54.4 Å². The maximum Gasteiger partial charge on any atom is 0.254 e. The minimum absolute atomic E-state index is 0.0106.